The molecule has 0 saturated carbocycles. The van der Waals surface area contributed by atoms with E-state index in [2.05, 4.69) is 82.8 Å². The number of halogens is 3. The van der Waals surface area contributed by atoms with Gasteiger partial charge in [0.15, 0.2) is 5.78 Å². The van der Waals surface area contributed by atoms with Crippen LogP contribution in [0.3, 0.4) is 0 Å². The Morgan fingerprint density at radius 2 is 1.20 bits per heavy atom. The maximum atomic E-state index is 11.8. The van der Waals surface area contributed by atoms with Gasteiger partial charge in [0.05, 0.1) is 15.9 Å². The summed E-state index contributed by atoms with van der Waals surface area (Å²) in [6.07, 6.45) is -0.944. The van der Waals surface area contributed by atoms with E-state index < -0.39 is 17.7 Å². The number of pyridine rings is 2. The van der Waals surface area contributed by atoms with Crippen molar-refractivity contribution in [2.75, 3.05) is 0 Å². The summed E-state index contributed by atoms with van der Waals surface area (Å²) in [6.45, 7) is 0. The largest absolute Gasteiger partial charge is 0.504 e. The molecule has 0 amide bonds. The third kappa shape index (κ3) is 7.16. The number of carbonyl (C=O) groups excluding carboxylic acids is 1. The van der Waals surface area contributed by atoms with E-state index >= 15 is 0 Å². The molecule has 3 aromatic heterocycles. The Kier molecular flexibility index (Phi) is 10.2. The van der Waals surface area contributed by atoms with Crippen LogP contribution in [-0.2, 0) is 0 Å². The molecule has 3 aromatic carbocycles. The average molecular weight is 707 g/mol. The third-order valence-electron chi connectivity index (χ3n) is 6.11. The van der Waals surface area contributed by atoms with Gasteiger partial charge >= 0.3 is 6.18 Å². The van der Waals surface area contributed by atoms with Gasteiger partial charge < -0.3 is 5.11 Å². The molecule has 0 atom stereocenters. The SMILES string of the molecule is O=C(/C=C(\O)C(F)(F)F)c1cccs1.[Eu].c1ccc(-c2ccnc3c2ccc2c(-c4ccccc4)ccnc23)cc1. The molecular formula is C32H21EuF3N2O2S. The number of hydrogen-bond acceptors (Lipinski definition) is 5. The van der Waals surface area contributed by atoms with Crippen LogP contribution in [0, 0.1) is 49.4 Å². The van der Waals surface area contributed by atoms with Crippen molar-refractivity contribution in [1.29, 1.82) is 0 Å². The normalized spacial score (nSPS) is 11.4. The van der Waals surface area contributed by atoms with E-state index in [4.69, 9.17) is 5.11 Å². The molecule has 0 aliphatic rings. The quantitative estimate of drug-likeness (QED) is 0.0861. The van der Waals surface area contributed by atoms with E-state index in [0.29, 0.717) is 0 Å². The molecule has 1 radical (unpaired) electrons. The maximum absolute atomic E-state index is 11.8. The van der Waals surface area contributed by atoms with Crippen LogP contribution >= 0.6 is 11.3 Å². The van der Waals surface area contributed by atoms with Gasteiger partial charge in [-0.2, -0.15) is 13.2 Å². The van der Waals surface area contributed by atoms with Crippen LogP contribution in [0.2, 0.25) is 0 Å². The number of rotatable bonds is 4. The maximum Gasteiger partial charge on any atom is 0.448 e. The predicted octanol–water partition coefficient (Wildman–Crippen LogP) is 9.05. The van der Waals surface area contributed by atoms with Crippen molar-refractivity contribution in [3.8, 4) is 22.3 Å². The van der Waals surface area contributed by atoms with E-state index in [0.717, 1.165) is 33.1 Å². The number of fused-ring (bicyclic) bond motifs is 3. The predicted molar refractivity (Wildman–Crippen MR) is 153 cm³/mol. The van der Waals surface area contributed by atoms with E-state index in [1.165, 1.54) is 34.4 Å². The van der Waals surface area contributed by atoms with Crippen LogP contribution in [0.15, 0.2) is 127 Å². The molecule has 0 bridgehead atoms. The van der Waals surface area contributed by atoms with Gasteiger partial charge in [-0.1, -0.05) is 78.9 Å². The number of aliphatic hydroxyl groups is 1. The second kappa shape index (κ2) is 13.6. The zero-order valence-electron chi connectivity index (χ0n) is 21.2. The molecule has 1 N–H and O–H groups in total. The zero-order valence-corrected chi connectivity index (χ0v) is 24.5. The van der Waals surface area contributed by atoms with Crippen molar-refractivity contribution in [2.45, 2.75) is 6.18 Å². The molecule has 6 rings (SSSR count). The second-order valence-corrected chi connectivity index (χ2v) is 9.62. The second-order valence-electron chi connectivity index (χ2n) is 8.68. The Morgan fingerprint density at radius 1 is 0.707 bits per heavy atom. The van der Waals surface area contributed by atoms with Crippen LogP contribution in [0.1, 0.15) is 9.67 Å². The van der Waals surface area contributed by atoms with Crippen LogP contribution in [0.25, 0.3) is 44.1 Å². The fraction of sp³-hybridized carbons (Fsp3) is 0.0312. The van der Waals surface area contributed by atoms with Crippen molar-refractivity contribution >= 4 is 38.9 Å². The third-order valence-corrected chi connectivity index (χ3v) is 7.00. The van der Waals surface area contributed by atoms with E-state index in [1.54, 1.807) is 5.38 Å². The van der Waals surface area contributed by atoms with E-state index in [1.807, 2.05) is 24.5 Å². The molecule has 3 heterocycles. The Balaban J connectivity index is 0.000000222. The zero-order chi connectivity index (χ0) is 28.1. The Hall–Kier alpha value is -3.24. The Morgan fingerprint density at radius 3 is 1.61 bits per heavy atom. The van der Waals surface area contributed by atoms with E-state index in [-0.39, 0.29) is 60.3 Å². The van der Waals surface area contributed by atoms with Crippen molar-refractivity contribution in [3.05, 3.63) is 132 Å². The summed E-state index contributed by atoms with van der Waals surface area (Å²) in [7, 11) is 0. The molecule has 0 aliphatic heterocycles. The molecule has 9 heteroatoms. The van der Waals surface area contributed by atoms with Gasteiger partial charge in [-0.3, -0.25) is 14.8 Å². The van der Waals surface area contributed by atoms with Gasteiger partial charge in [0.25, 0.3) is 0 Å². The van der Waals surface area contributed by atoms with Crippen LogP contribution in [-0.4, -0.2) is 27.0 Å². The first-order valence-corrected chi connectivity index (χ1v) is 13.0. The van der Waals surface area contributed by atoms with Gasteiger partial charge in [0.2, 0.25) is 5.76 Å². The number of aromatic nitrogens is 2. The number of hydrogen-bond donors (Lipinski definition) is 1. The summed E-state index contributed by atoms with van der Waals surface area (Å²) in [5.41, 5.74) is 6.65. The van der Waals surface area contributed by atoms with Gasteiger partial charge in [-0.15, -0.1) is 11.3 Å². The molecule has 205 valence electrons. The fourth-order valence-electron chi connectivity index (χ4n) is 4.26. The topological polar surface area (TPSA) is 63.1 Å². The van der Waals surface area contributed by atoms with Gasteiger partial charge in [0.1, 0.15) is 0 Å². The number of aliphatic hydroxyl groups excluding tert-OH is 1. The standard InChI is InChI=1S/C24H16N2.C8H5F3O2S.Eu/c1-3-7-17(8-4-1)19-13-15-25-23-21(19)11-12-22-20(14-16-26-24(22)23)18-9-5-2-6-10-18;9-8(10,11)7(13)4-5(12)6-2-1-3-14-6;/h1-16H;1-4,13H;/b;7-4-;. The van der Waals surface area contributed by atoms with Gasteiger partial charge in [0, 0.05) is 78.6 Å². The smallest absolute Gasteiger partial charge is 0.448 e. The molecule has 4 nitrogen and oxygen atoms in total. The molecule has 6 aromatic rings. The summed E-state index contributed by atoms with van der Waals surface area (Å²) in [4.78, 5) is 20.5. The minimum absolute atomic E-state index is 0. The number of alkyl halides is 3. The first-order valence-electron chi connectivity index (χ1n) is 12.2. The van der Waals surface area contributed by atoms with Crippen LogP contribution in [0.5, 0.6) is 0 Å². The number of allylic oxidation sites excluding steroid dienone is 2. The Bertz CT molecular complexity index is 1710. The Labute approximate surface area is 278 Å². The van der Waals surface area contributed by atoms with Crippen LogP contribution in [0.4, 0.5) is 13.2 Å². The summed E-state index contributed by atoms with van der Waals surface area (Å²) >= 11 is 1.01. The number of ketones is 1. The van der Waals surface area contributed by atoms with Crippen molar-refractivity contribution in [3.63, 3.8) is 0 Å². The number of benzene rings is 3. The van der Waals surface area contributed by atoms with Crippen molar-refractivity contribution < 1.29 is 72.4 Å². The van der Waals surface area contributed by atoms with E-state index in [9.17, 15) is 18.0 Å². The molecule has 41 heavy (non-hydrogen) atoms. The minimum atomic E-state index is -4.87. The van der Waals surface area contributed by atoms with Gasteiger partial charge in [-0.25, -0.2) is 0 Å². The van der Waals surface area contributed by atoms with Crippen LogP contribution < -0.4 is 0 Å². The van der Waals surface area contributed by atoms with Crippen molar-refractivity contribution in [2.24, 2.45) is 0 Å². The molecule has 0 spiro atoms. The fourth-order valence-corrected chi connectivity index (χ4v) is 4.90. The summed E-state index contributed by atoms with van der Waals surface area (Å²) in [6, 6.07) is 32.3. The number of nitrogens with zero attached hydrogens (tertiary/aromatic N) is 2. The molecule has 0 unspecified atom stereocenters. The first-order chi connectivity index (χ1) is 19.3. The monoisotopic (exact) mass is 707 g/mol. The first kappa shape index (κ1) is 30.7. The summed E-state index contributed by atoms with van der Waals surface area (Å²) in [5.74, 6) is -2.73. The summed E-state index contributed by atoms with van der Waals surface area (Å²) in [5, 5.41) is 12.3. The molecule has 0 aliphatic carbocycles. The van der Waals surface area contributed by atoms with Gasteiger partial charge in [-0.05, 0) is 45.8 Å². The number of thiophene rings is 1. The molecule has 0 saturated heterocycles. The molecule has 0 fully saturated rings. The minimum Gasteiger partial charge on any atom is -0.504 e. The number of carbonyl (C=O) groups is 1. The van der Waals surface area contributed by atoms with Crippen molar-refractivity contribution in [1.82, 2.24) is 9.97 Å². The average Bonchev–Trinajstić information content (AvgIpc) is 3.53. The molecular weight excluding hydrogens is 685 g/mol. The summed E-state index contributed by atoms with van der Waals surface area (Å²) < 4.78 is 35.4.